The molecule has 1 rings (SSSR count). The minimum Gasteiger partial charge on any atom is -0.382 e. The molecule has 1 N–H and O–H groups in total. The van der Waals surface area contributed by atoms with Gasteiger partial charge in [-0.2, -0.15) is 4.39 Å². The summed E-state index contributed by atoms with van der Waals surface area (Å²) in [5.41, 5.74) is 0.111. The van der Waals surface area contributed by atoms with Gasteiger partial charge in [-0.1, -0.05) is 20.3 Å². The second-order valence-electron chi connectivity index (χ2n) is 3.96. The molecule has 1 aromatic carbocycles. The van der Waals surface area contributed by atoms with E-state index in [1.807, 2.05) is 6.92 Å². The lowest BCUT2D eigenvalue weighted by Crippen LogP contribution is -2.18. The van der Waals surface area contributed by atoms with Gasteiger partial charge in [0.15, 0.2) is 0 Å². The fourth-order valence-electron chi connectivity index (χ4n) is 1.70. The van der Waals surface area contributed by atoms with Gasteiger partial charge in [-0.3, -0.25) is 10.1 Å². The third-order valence-corrected chi connectivity index (χ3v) is 2.64. The maximum Gasteiger partial charge on any atom is 0.306 e. The summed E-state index contributed by atoms with van der Waals surface area (Å²) in [7, 11) is 0. The van der Waals surface area contributed by atoms with Crippen molar-refractivity contribution in [2.24, 2.45) is 0 Å². The van der Waals surface area contributed by atoms with E-state index in [0.717, 1.165) is 25.3 Å². The molecule has 1 aromatic rings. The average Bonchev–Trinajstić information content (AvgIpc) is 2.30. The maximum absolute atomic E-state index is 13.1. The van der Waals surface area contributed by atoms with Crippen molar-refractivity contribution in [2.45, 2.75) is 39.2 Å². The van der Waals surface area contributed by atoms with Crippen molar-refractivity contribution in [1.82, 2.24) is 0 Å². The fourth-order valence-corrected chi connectivity index (χ4v) is 1.70. The first-order valence-electron chi connectivity index (χ1n) is 5.79. The molecule has 94 valence electrons. The van der Waals surface area contributed by atoms with E-state index < -0.39 is 16.4 Å². The summed E-state index contributed by atoms with van der Waals surface area (Å²) in [6.07, 6.45) is 2.95. The van der Waals surface area contributed by atoms with Gasteiger partial charge in [-0.15, -0.1) is 0 Å². The van der Waals surface area contributed by atoms with Crippen molar-refractivity contribution in [3.8, 4) is 0 Å². The summed E-state index contributed by atoms with van der Waals surface area (Å²) < 4.78 is 13.1. The highest BCUT2D eigenvalue weighted by atomic mass is 19.1. The van der Waals surface area contributed by atoms with Crippen molar-refractivity contribution < 1.29 is 9.31 Å². The molecule has 0 aliphatic carbocycles. The summed E-state index contributed by atoms with van der Waals surface area (Å²) in [5, 5.41) is 13.8. The van der Waals surface area contributed by atoms with E-state index in [0.29, 0.717) is 5.69 Å². The van der Waals surface area contributed by atoms with Crippen molar-refractivity contribution in [2.75, 3.05) is 5.32 Å². The minimum absolute atomic E-state index is 0.269. The quantitative estimate of drug-likeness (QED) is 0.609. The second-order valence-corrected chi connectivity index (χ2v) is 3.96. The SMILES string of the molecule is CCCC(CC)Nc1ccc(F)c([N+](=O)[O-])c1. The van der Waals surface area contributed by atoms with Gasteiger partial charge in [0.25, 0.3) is 0 Å². The van der Waals surface area contributed by atoms with E-state index in [1.165, 1.54) is 12.1 Å². The number of nitrogens with zero attached hydrogens (tertiary/aromatic N) is 1. The lowest BCUT2D eigenvalue weighted by molar-refractivity contribution is -0.387. The molecule has 0 amide bonds. The summed E-state index contributed by atoms with van der Waals surface area (Å²) in [5.74, 6) is -0.802. The van der Waals surface area contributed by atoms with E-state index in [9.17, 15) is 14.5 Å². The van der Waals surface area contributed by atoms with Crippen LogP contribution < -0.4 is 5.32 Å². The first kappa shape index (κ1) is 13.4. The number of nitro groups is 1. The molecule has 0 aliphatic rings. The molecule has 1 unspecified atom stereocenters. The lowest BCUT2D eigenvalue weighted by atomic mass is 10.1. The van der Waals surface area contributed by atoms with Crippen LogP contribution in [-0.2, 0) is 0 Å². The standard InChI is InChI=1S/C12H17FN2O2/c1-3-5-9(4-2)14-10-6-7-11(13)12(8-10)15(16)17/h6-9,14H,3-5H2,1-2H3. The van der Waals surface area contributed by atoms with Crippen LogP contribution in [0.2, 0.25) is 0 Å². The zero-order chi connectivity index (χ0) is 12.8. The number of rotatable bonds is 6. The van der Waals surface area contributed by atoms with E-state index in [2.05, 4.69) is 12.2 Å². The summed E-state index contributed by atoms with van der Waals surface area (Å²) in [6.45, 7) is 4.13. The molecule has 5 heteroatoms. The van der Waals surface area contributed by atoms with Gasteiger partial charge in [0.1, 0.15) is 0 Å². The van der Waals surface area contributed by atoms with Gasteiger partial charge in [0, 0.05) is 17.8 Å². The zero-order valence-corrected chi connectivity index (χ0v) is 10.1. The average molecular weight is 240 g/mol. The molecule has 0 bridgehead atoms. The number of nitro benzene ring substituents is 1. The molecule has 0 spiro atoms. The van der Waals surface area contributed by atoms with E-state index in [1.54, 1.807) is 0 Å². The van der Waals surface area contributed by atoms with Crippen LogP contribution in [0.25, 0.3) is 0 Å². The molecule has 1 atom stereocenters. The number of halogens is 1. The highest BCUT2D eigenvalue weighted by molar-refractivity contribution is 5.52. The Morgan fingerprint density at radius 2 is 2.18 bits per heavy atom. The predicted molar refractivity (Wildman–Crippen MR) is 65.7 cm³/mol. The normalized spacial score (nSPS) is 12.2. The monoisotopic (exact) mass is 240 g/mol. The van der Waals surface area contributed by atoms with Crippen LogP contribution in [-0.4, -0.2) is 11.0 Å². The Labute approximate surface area is 100.0 Å². The predicted octanol–water partition coefficient (Wildman–Crippen LogP) is 3.72. The Bertz CT molecular complexity index is 396. The van der Waals surface area contributed by atoms with E-state index in [4.69, 9.17) is 0 Å². The highest BCUT2D eigenvalue weighted by Gasteiger charge is 2.15. The molecule has 0 aromatic heterocycles. The number of hydrogen-bond acceptors (Lipinski definition) is 3. The van der Waals surface area contributed by atoms with Crippen molar-refractivity contribution in [1.29, 1.82) is 0 Å². The molecule has 17 heavy (non-hydrogen) atoms. The number of anilines is 1. The van der Waals surface area contributed by atoms with Gasteiger partial charge in [-0.25, -0.2) is 0 Å². The summed E-state index contributed by atoms with van der Waals surface area (Å²) in [6, 6.07) is 4.16. The van der Waals surface area contributed by atoms with Crippen LogP contribution in [0.15, 0.2) is 18.2 Å². The van der Waals surface area contributed by atoms with Gasteiger partial charge in [-0.05, 0) is 25.0 Å². The van der Waals surface area contributed by atoms with Crippen LogP contribution in [0.1, 0.15) is 33.1 Å². The van der Waals surface area contributed by atoms with Gasteiger partial charge < -0.3 is 5.32 Å². The van der Waals surface area contributed by atoms with Crippen molar-refractivity contribution in [3.05, 3.63) is 34.1 Å². The van der Waals surface area contributed by atoms with Crippen LogP contribution >= 0.6 is 0 Å². The van der Waals surface area contributed by atoms with Crippen LogP contribution in [0.5, 0.6) is 0 Å². The molecule has 0 heterocycles. The molecule has 4 nitrogen and oxygen atoms in total. The molecule has 0 fully saturated rings. The summed E-state index contributed by atoms with van der Waals surface area (Å²) >= 11 is 0. The smallest absolute Gasteiger partial charge is 0.306 e. The zero-order valence-electron chi connectivity index (χ0n) is 10.1. The van der Waals surface area contributed by atoms with Crippen molar-refractivity contribution >= 4 is 11.4 Å². The molecular formula is C12H17FN2O2. The Balaban J connectivity index is 2.84. The van der Waals surface area contributed by atoms with E-state index >= 15 is 0 Å². The topological polar surface area (TPSA) is 55.2 Å². The Hall–Kier alpha value is -1.65. The fraction of sp³-hybridized carbons (Fsp3) is 0.500. The Morgan fingerprint density at radius 1 is 1.47 bits per heavy atom. The van der Waals surface area contributed by atoms with Crippen LogP contribution in [0.3, 0.4) is 0 Å². The first-order chi connectivity index (χ1) is 8.08. The molecule has 0 saturated heterocycles. The van der Waals surface area contributed by atoms with Crippen LogP contribution in [0.4, 0.5) is 15.8 Å². The number of benzene rings is 1. The molecule has 0 saturated carbocycles. The summed E-state index contributed by atoms with van der Waals surface area (Å²) in [4.78, 5) is 9.89. The Kier molecular flexibility index (Phi) is 4.87. The third kappa shape index (κ3) is 3.69. The highest BCUT2D eigenvalue weighted by Crippen LogP contribution is 2.23. The van der Waals surface area contributed by atoms with Crippen LogP contribution in [0, 0.1) is 15.9 Å². The maximum atomic E-state index is 13.1. The van der Waals surface area contributed by atoms with Gasteiger partial charge in [0.05, 0.1) is 4.92 Å². The third-order valence-electron chi connectivity index (χ3n) is 2.64. The second kappa shape index (κ2) is 6.18. The number of hydrogen-bond donors (Lipinski definition) is 1. The molecular weight excluding hydrogens is 223 g/mol. The van der Waals surface area contributed by atoms with Crippen molar-refractivity contribution in [3.63, 3.8) is 0 Å². The largest absolute Gasteiger partial charge is 0.382 e. The minimum atomic E-state index is -0.802. The van der Waals surface area contributed by atoms with Gasteiger partial charge >= 0.3 is 5.69 Å². The van der Waals surface area contributed by atoms with E-state index in [-0.39, 0.29) is 6.04 Å². The molecule has 0 radical (unpaired) electrons. The molecule has 0 aliphatic heterocycles. The lowest BCUT2D eigenvalue weighted by Gasteiger charge is -2.17. The Morgan fingerprint density at radius 3 is 2.71 bits per heavy atom. The first-order valence-corrected chi connectivity index (χ1v) is 5.79. The van der Waals surface area contributed by atoms with Gasteiger partial charge in [0.2, 0.25) is 5.82 Å². The number of nitrogens with one attached hydrogen (secondary N) is 1.